The molecule has 6 atom stereocenters. The molecular weight excluding hydrogens is 340 g/mol. The lowest BCUT2D eigenvalue weighted by Crippen LogP contribution is -2.51. The van der Waals surface area contributed by atoms with Gasteiger partial charge in [-0.3, -0.25) is 14.4 Å². The number of ether oxygens (including phenoxy) is 1. The number of hydrogen-bond acceptors (Lipinski definition) is 4. The van der Waals surface area contributed by atoms with Gasteiger partial charge in [-0.2, -0.15) is 0 Å². The number of allylic oxidation sites excluding steroid dienone is 1. The summed E-state index contributed by atoms with van der Waals surface area (Å²) in [6.45, 7) is 6.00. The molecular formula is C23H32O4. The smallest absolute Gasteiger partial charge is 0.303 e. The van der Waals surface area contributed by atoms with Gasteiger partial charge in [-0.1, -0.05) is 19.4 Å². The van der Waals surface area contributed by atoms with E-state index in [4.69, 9.17) is 4.74 Å². The van der Waals surface area contributed by atoms with Crippen molar-refractivity contribution in [1.29, 1.82) is 0 Å². The van der Waals surface area contributed by atoms with Crippen LogP contribution in [-0.2, 0) is 19.1 Å². The average molecular weight is 373 g/mol. The zero-order chi connectivity index (χ0) is 19.4. The zero-order valence-electron chi connectivity index (χ0n) is 16.9. The van der Waals surface area contributed by atoms with Crippen LogP contribution in [0.2, 0.25) is 0 Å². The Bertz CT molecular complexity index is 707. The summed E-state index contributed by atoms with van der Waals surface area (Å²) in [4.78, 5) is 35.8. The van der Waals surface area contributed by atoms with Crippen molar-refractivity contribution in [2.45, 2.75) is 72.1 Å². The molecule has 0 aromatic heterocycles. The molecule has 4 heteroatoms. The van der Waals surface area contributed by atoms with Gasteiger partial charge in [0.25, 0.3) is 0 Å². The van der Waals surface area contributed by atoms with E-state index in [2.05, 4.69) is 13.8 Å². The zero-order valence-corrected chi connectivity index (χ0v) is 16.9. The second-order valence-corrected chi connectivity index (χ2v) is 9.89. The van der Waals surface area contributed by atoms with Crippen molar-refractivity contribution in [2.24, 2.45) is 34.5 Å². The van der Waals surface area contributed by atoms with Crippen LogP contribution in [0.1, 0.15) is 72.1 Å². The molecule has 0 aliphatic heterocycles. The van der Waals surface area contributed by atoms with E-state index in [1.54, 1.807) is 0 Å². The van der Waals surface area contributed by atoms with E-state index in [0.717, 1.165) is 44.9 Å². The number of esters is 1. The fourth-order valence-electron chi connectivity index (χ4n) is 7.36. The van der Waals surface area contributed by atoms with Crippen LogP contribution in [0.5, 0.6) is 0 Å². The summed E-state index contributed by atoms with van der Waals surface area (Å²) in [5, 5.41) is 0. The van der Waals surface area contributed by atoms with E-state index in [0.29, 0.717) is 30.0 Å². The van der Waals surface area contributed by atoms with Crippen LogP contribution in [0.25, 0.3) is 0 Å². The molecule has 0 N–H and O–H groups in total. The molecule has 3 fully saturated rings. The third kappa shape index (κ3) is 2.91. The molecule has 0 unspecified atom stereocenters. The molecule has 0 spiro atoms. The van der Waals surface area contributed by atoms with Crippen molar-refractivity contribution in [1.82, 2.24) is 0 Å². The highest BCUT2D eigenvalue weighted by Gasteiger charge is 2.60. The van der Waals surface area contributed by atoms with E-state index in [-0.39, 0.29) is 35.1 Å². The summed E-state index contributed by atoms with van der Waals surface area (Å²) >= 11 is 0. The molecule has 27 heavy (non-hydrogen) atoms. The fourth-order valence-corrected chi connectivity index (χ4v) is 7.36. The Morgan fingerprint density at radius 1 is 1.07 bits per heavy atom. The molecule has 4 rings (SSSR count). The number of ketones is 2. The highest BCUT2D eigenvalue weighted by Crippen LogP contribution is 2.66. The predicted molar refractivity (Wildman–Crippen MR) is 102 cm³/mol. The Hall–Kier alpha value is -1.45. The highest BCUT2D eigenvalue weighted by molar-refractivity contribution is 5.91. The minimum atomic E-state index is -0.377. The normalized spacial score (nSPS) is 43.2. The maximum absolute atomic E-state index is 12.8. The monoisotopic (exact) mass is 372 g/mol. The van der Waals surface area contributed by atoms with Crippen LogP contribution in [0.15, 0.2) is 11.6 Å². The van der Waals surface area contributed by atoms with Crippen molar-refractivity contribution in [3.8, 4) is 0 Å². The molecule has 3 saturated carbocycles. The Kier molecular flexibility index (Phi) is 4.59. The summed E-state index contributed by atoms with van der Waals surface area (Å²) < 4.78 is 5.02. The molecule has 0 aromatic rings. The van der Waals surface area contributed by atoms with Gasteiger partial charge in [0.15, 0.2) is 11.6 Å². The first-order valence-corrected chi connectivity index (χ1v) is 10.7. The standard InChI is InChI=1S/C23H32O4/c1-14(24)27-13-21(26)20-7-6-18-17-5-4-15-12-16(25)8-10-22(15,2)19(17)9-11-23(18,20)3/h12,17-20H,4-11,13H2,1-3H3/t17-,18-,19+,20-,22-,23-/m0/s1. The lowest BCUT2D eigenvalue weighted by molar-refractivity contribution is -0.149. The van der Waals surface area contributed by atoms with Crippen LogP contribution in [0.4, 0.5) is 0 Å². The molecule has 4 aliphatic carbocycles. The van der Waals surface area contributed by atoms with E-state index in [9.17, 15) is 14.4 Å². The van der Waals surface area contributed by atoms with Gasteiger partial charge in [-0.05, 0) is 79.6 Å². The molecule has 0 radical (unpaired) electrons. The molecule has 0 heterocycles. The number of fused-ring (bicyclic) bond motifs is 5. The summed E-state index contributed by atoms with van der Waals surface area (Å²) in [7, 11) is 0. The average Bonchev–Trinajstić information content (AvgIpc) is 2.97. The van der Waals surface area contributed by atoms with Gasteiger partial charge < -0.3 is 4.74 Å². The largest absolute Gasteiger partial charge is 0.458 e. The van der Waals surface area contributed by atoms with Gasteiger partial charge in [0.05, 0.1) is 0 Å². The van der Waals surface area contributed by atoms with Gasteiger partial charge in [-0.25, -0.2) is 0 Å². The quantitative estimate of drug-likeness (QED) is 0.694. The van der Waals surface area contributed by atoms with Crippen molar-refractivity contribution in [3.05, 3.63) is 11.6 Å². The van der Waals surface area contributed by atoms with Crippen molar-refractivity contribution < 1.29 is 19.1 Å². The molecule has 148 valence electrons. The third-order valence-corrected chi connectivity index (χ3v) is 8.77. The number of carbonyl (C=O) groups is 3. The van der Waals surface area contributed by atoms with Gasteiger partial charge in [-0.15, -0.1) is 0 Å². The van der Waals surface area contributed by atoms with Gasteiger partial charge in [0, 0.05) is 19.3 Å². The number of carbonyl (C=O) groups excluding carboxylic acids is 3. The molecule has 4 nitrogen and oxygen atoms in total. The predicted octanol–water partition coefficient (Wildman–Crippen LogP) is 4.27. The van der Waals surface area contributed by atoms with Crippen molar-refractivity contribution >= 4 is 17.5 Å². The molecule has 4 aliphatic rings. The third-order valence-electron chi connectivity index (χ3n) is 8.77. The second kappa shape index (κ2) is 6.56. The molecule has 0 bridgehead atoms. The Balaban J connectivity index is 1.56. The Labute approximate surface area is 162 Å². The topological polar surface area (TPSA) is 60.4 Å². The molecule has 0 aromatic carbocycles. The minimum Gasteiger partial charge on any atom is -0.458 e. The number of rotatable bonds is 3. The van der Waals surface area contributed by atoms with Gasteiger partial charge >= 0.3 is 5.97 Å². The maximum atomic E-state index is 12.8. The first-order chi connectivity index (χ1) is 12.8. The van der Waals surface area contributed by atoms with E-state index in [1.165, 1.54) is 12.5 Å². The molecule has 0 amide bonds. The van der Waals surface area contributed by atoms with Crippen LogP contribution in [-0.4, -0.2) is 24.1 Å². The number of Topliss-reactive ketones (excluding diaryl/α,β-unsaturated/α-hetero) is 1. The first-order valence-electron chi connectivity index (χ1n) is 10.7. The second-order valence-electron chi connectivity index (χ2n) is 9.89. The molecule has 0 saturated heterocycles. The van der Waals surface area contributed by atoms with Crippen molar-refractivity contribution in [3.63, 3.8) is 0 Å². The maximum Gasteiger partial charge on any atom is 0.303 e. The summed E-state index contributed by atoms with van der Waals surface area (Å²) in [5.74, 6) is 1.95. The highest BCUT2D eigenvalue weighted by atomic mass is 16.5. The fraction of sp³-hybridized carbons (Fsp3) is 0.783. The SMILES string of the molecule is CC(=O)OCC(=O)[C@@H]1CC[C@H]2[C@@H]3CCC4=CC(=O)CC[C@]4(C)[C@@H]3CC[C@]12C. The Morgan fingerprint density at radius 3 is 2.59 bits per heavy atom. The van der Waals surface area contributed by atoms with E-state index in [1.807, 2.05) is 6.08 Å². The lowest BCUT2D eigenvalue weighted by atomic mass is 9.46. The van der Waals surface area contributed by atoms with E-state index >= 15 is 0 Å². The number of hydrogen-bond donors (Lipinski definition) is 0. The first kappa shape index (κ1) is 18.9. The lowest BCUT2D eigenvalue weighted by Gasteiger charge is -2.58. The van der Waals surface area contributed by atoms with Gasteiger partial charge in [0.2, 0.25) is 0 Å². The Morgan fingerprint density at radius 2 is 1.85 bits per heavy atom. The summed E-state index contributed by atoms with van der Waals surface area (Å²) in [6.07, 6.45) is 10.1. The van der Waals surface area contributed by atoms with E-state index < -0.39 is 0 Å². The summed E-state index contributed by atoms with van der Waals surface area (Å²) in [6, 6.07) is 0. The minimum absolute atomic E-state index is 0.0282. The van der Waals surface area contributed by atoms with Gasteiger partial charge in [0.1, 0.15) is 6.61 Å². The van der Waals surface area contributed by atoms with Crippen LogP contribution in [0.3, 0.4) is 0 Å². The summed E-state index contributed by atoms with van der Waals surface area (Å²) in [5.41, 5.74) is 1.61. The van der Waals surface area contributed by atoms with Crippen molar-refractivity contribution in [2.75, 3.05) is 6.61 Å². The van der Waals surface area contributed by atoms with Crippen LogP contribution < -0.4 is 0 Å². The van der Waals surface area contributed by atoms with Crippen LogP contribution in [0, 0.1) is 34.5 Å². The van der Waals surface area contributed by atoms with Crippen LogP contribution >= 0.6 is 0 Å².